The maximum absolute atomic E-state index is 10.8. The first kappa shape index (κ1) is 11.1. The van der Waals surface area contributed by atoms with Crippen LogP contribution in [0.2, 0.25) is 0 Å². The first-order chi connectivity index (χ1) is 7.39. The summed E-state index contributed by atoms with van der Waals surface area (Å²) < 4.78 is 6.12. The minimum absolute atomic E-state index is 0.0184. The first-order valence-corrected chi connectivity index (χ1v) is 5.54. The molecule has 0 saturated carbocycles. The number of nitro groups is 1. The molecule has 0 fully saturated rings. The minimum atomic E-state index is -0.432. The summed E-state index contributed by atoms with van der Waals surface area (Å²) in [5.41, 5.74) is 0.441. The quantitative estimate of drug-likeness (QED) is 0.585. The summed E-state index contributed by atoms with van der Waals surface area (Å²) >= 11 is 3.17. The molecule has 2 rings (SSSR count). The largest absolute Gasteiger partial charge is 0.483 e. The molecule has 0 saturated heterocycles. The summed E-state index contributed by atoms with van der Waals surface area (Å²) in [6.07, 6.45) is 3.83. The van der Waals surface area contributed by atoms with E-state index < -0.39 is 10.5 Å². The zero-order valence-corrected chi connectivity index (χ0v) is 10.4. The summed E-state index contributed by atoms with van der Waals surface area (Å²) in [6.45, 7) is 3.81. The van der Waals surface area contributed by atoms with E-state index in [-0.39, 0.29) is 5.69 Å². The molecule has 16 heavy (non-hydrogen) atoms. The van der Waals surface area contributed by atoms with Gasteiger partial charge >= 0.3 is 0 Å². The van der Waals surface area contributed by atoms with Gasteiger partial charge in [0.15, 0.2) is 0 Å². The Hall–Kier alpha value is -1.36. The van der Waals surface area contributed by atoms with Gasteiger partial charge in [0.25, 0.3) is 5.69 Å². The van der Waals surface area contributed by atoms with Crippen LogP contribution in [0.25, 0.3) is 6.08 Å². The molecule has 1 aliphatic heterocycles. The molecule has 1 aromatic carbocycles. The lowest BCUT2D eigenvalue weighted by atomic mass is 10.0. The van der Waals surface area contributed by atoms with Crippen molar-refractivity contribution in [2.75, 3.05) is 0 Å². The SMILES string of the molecule is CC1(C)C=Cc2cc(Br)c([N+](=O)[O-])cc2O1. The van der Waals surface area contributed by atoms with Crippen LogP contribution in [0.1, 0.15) is 19.4 Å². The van der Waals surface area contributed by atoms with E-state index in [4.69, 9.17) is 4.74 Å². The average Bonchev–Trinajstić information content (AvgIpc) is 2.16. The van der Waals surface area contributed by atoms with Crippen LogP contribution in [0.15, 0.2) is 22.7 Å². The predicted octanol–water partition coefficient (Wildman–Crippen LogP) is 3.54. The van der Waals surface area contributed by atoms with Crippen molar-refractivity contribution < 1.29 is 9.66 Å². The van der Waals surface area contributed by atoms with E-state index in [1.807, 2.05) is 26.0 Å². The Labute approximate surface area is 101 Å². The molecule has 1 heterocycles. The van der Waals surface area contributed by atoms with Crippen molar-refractivity contribution in [3.05, 3.63) is 38.4 Å². The molecular weight excluding hydrogens is 274 g/mol. The molecule has 5 heteroatoms. The average molecular weight is 284 g/mol. The van der Waals surface area contributed by atoms with Gasteiger partial charge in [0.05, 0.1) is 15.5 Å². The fraction of sp³-hybridized carbons (Fsp3) is 0.273. The van der Waals surface area contributed by atoms with Gasteiger partial charge in [0.2, 0.25) is 0 Å². The number of halogens is 1. The van der Waals surface area contributed by atoms with Crippen molar-refractivity contribution in [3.63, 3.8) is 0 Å². The lowest BCUT2D eigenvalue weighted by Crippen LogP contribution is -2.27. The molecule has 0 amide bonds. The lowest BCUT2D eigenvalue weighted by Gasteiger charge is -2.27. The van der Waals surface area contributed by atoms with Gasteiger partial charge in [-0.1, -0.05) is 6.08 Å². The van der Waals surface area contributed by atoms with Gasteiger partial charge in [-0.3, -0.25) is 10.1 Å². The molecule has 0 radical (unpaired) electrons. The van der Waals surface area contributed by atoms with Crippen LogP contribution in [0.3, 0.4) is 0 Å². The predicted molar refractivity (Wildman–Crippen MR) is 64.5 cm³/mol. The van der Waals surface area contributed by atoms with E-state index in [0.717, 1.165) is 5.56 Å². The Morgan fingerprint density at radius 3 is 2.75 bits per heavy atom. The van der Waals surface area contributed by atoms with Crippen LogP contribution in [0.4, 0.5) is 5.69 Å². The van der Waals surface area contributed by atoms with E-state index in [1.54, 1.807) is 6.07 Å². The molecule has 0 N–H and O–H groups in total. The monoisotopic (exact) mass is 283 g/mol. The topological polar surface area (TPSA) is 52.4 Å². The van der Waals surface area contributed by atoms with E-state index >= 15 is 0 Å². The van der Waals surface area contributed by atoms with Crippen molar-refractivity contribution in [2.45, 2.75) is 19.4 Å². The Balaban J connectivity index is 2.55. The Morgan fingerprint density at radius 1 is 1.44 bits per heavy atom. The highest BCUT2D eigenvalue weighted by Gasteiger charge is 2.25. The number of hydrogen-bond acceptors (Lipinski definition) is 3. The summed E-state index contributed by atoms with van der Waals surface area (Å²) in [6, 6.07) is 3.14. The second kappa shape index (κ2) is 3.59. The van der Waals surface area contributed by atoms with Crippen LogP contribution in [-0.2, 0) is 0 Å². The number of ether oxygens (including phenoxy) is 1. The molecule has 1 aromatic rings. The molecule has 0 aliphatic carbocycles. The van der Waals surface area contributed by atoms with Gasteiger partial charge in [0.1, 0.15) is 11.4 Å². The molecule has 4 nitrogen and oxygen atoms in total. The number of nitro benzene ring substituents is 1. The van der Waals surface area contributed by atoms with E-state index in [1.165, 1.54) is 6.07 Å². The number of rotatable bonds is 1. The second-order valence-corrected chi connectivity index (χ2v) is 4.99. The fourth-order valence-corrected chi connectivity index (χ4v) is 2.03. The third-order valence-corrected chi connectivity index (χ3v) is 2.95. The minimum Gasteiger partial charge on any atom is -0.483 e. The molecule has 84 valence electrons. The Bertz CT molecular complexity index is 494. The zero-order valence-electron chi connectivity index (χ0n) is 8.86. The Morgan fingerprint density at radius 2 is 2.12 bits per heavy atom. The summed E-state index contributed by atoms with van der Waals surface area (Å²) in [5.74, 6) is 0.544. The molecular formula is C11H10BrNO3. The van der Waals surface area contributed by atoms with E-state index in [2.05, 4.69) is 15.9 Å². The maximum atomic E-state index is 10.8. The van der Waals surface area contributed by atoms with Gasteiger partial charge in [-0.2, -0.15) is 0 Å². The molecule has 0 unspecified atom stereocenters. The van der Waals surface area contributed by atoms with Crippen LogP contribution < -0.4 is 4.74 Å². The highest BCUT2D eigenvalue weighted by molar-refractivity contribution is 9.10. The number of benzene rings is 1. The van der Waals surface area contributed by atoms with Crippen LogP contribution >= 0.6 is 15.9 Å². The number of fused-ring (bicyclic) bond motifs is 1. The highest BCUT2D eigenvalue weighted by Crippen LogP contribution is 2.37. The lowest BCUT2D eigenvalue weighted by molar-refractivity contribution is -0.385. The van der Waals surface area contributed by atoms with E-state index in [9.17, 15) is 10.1 Å². The normalized spacial score (nSPS) is 16.4. The molecule has 0 aromatic heterocycles. The maximum Gasteiger partial charge on any atom is 0.287 e. The summed E-state index contributed by atoms with van der Waals surface area (Å²) in [4.78, 5) is 10.3. The first-order valence-electron chi connectivity index (χ1n) is 4.75. The van der Waals surface area contributed by atoms with Crippen LogP contribution in [0, 0.1) is 10.1 Å². The fourth-order valence-electron chi connectivity index (χ4n) is 1.52. The van der Waals surface area contributed by atoms with E-state index in [0.29, 0.717) is 10.2 Å². The number of nitrogens with zero attached hydrogens (tertiary/aromatic N) is 1. The summed E-state index contributed by atoms with van der Waals surface area (Å²) in [7, 11) is 0. The molecule has 0 bridgehead atoms. The van der Waals surface area contributed by atoms with Crippen molar-refractivity contribution in [3.8, 4) is 5.75 Å². The number of hydrogen-bond donors (Lipinski definition) is 0. The molecule has 0 atom stereocenters. The molecule has 0 spiro atoms. The van der Waals surface area contributed by atoms with Gasteiger partial charge in [-0.25, -0.2) is 0 Å². The van der Waals surface area contributed by atoms with Crippen LogP contribution in [0.5, 0.6) is 5.75 Å². The van der Waals surface area contributed by atoms with Gasteiger partial charge in [0, 0.05) is 5.56 Å². The van der Waals surface area contributed by atoms with Crippen molar-refractivity contribution >= 4 is 27.7 Å². The summed E-state index contributed by atoms with van der Waals surface area (Å²) in [5, 5.41) is 10.8. The standard InChI is InChI=1S/C11H10BrNO3/c1-11(2)4-3-7-5-8(12)9(13(14)15)6-10(7)16-11/h3-6H,1-2H3. The van der Waals surface area contributed by atoms with Crippen LogP contribution in [-0.4, -0.2) is 10.5 Å². The van der Waals surface area contributed by atoms with Gasteiger partial charge < -0.3 is 4.74 Å². The van der Waals surface area contributed by atoms with Gasteiger partial charge in [-0.15, -0.1) is 0 Å². The zero-order chi connectivity index (χ0) is 11.9. The van der Waals surface area contributed by atoms with Crippen molar-refractivity contribution in [1.82, 2.24) is 0 Å². The Kier molecular flexibility index (Phi) is 2.50. The second-order valence-electron chi connectivity index (χ2n) is 4.14. The smallest absolute Gasteiger partial charge is 0.287 e. The molecule has 1 aliphatic rings. The third kappa shape index (κ3) is 1.95. The third-order valence-electron chi connectivity index (χ3n) is 2.31. The van der Waals surface area contributed by atoms with Crippen molar-refractivity contribution in [1.29, 1.82) is 0 Å². The van der Waals surface area contributed by atoms with Crippen molar-refractivity contribution in [2.24, 2.45) is 0 Å². The van der Waals surface area contributed by atoms with Gasteiger partial charge in [-0.05, 0) is 41.9 Å². The highest BCUT2D eigenvalue weighted by atomic mass is 79.9.